The quantitative estimate of drug-likeness (QED) is 0.0396. The van der Waals surface area contributed by atoms with E-state index in [0.717, 1.165) is 81.5 Å². The van der Waals surface area contributed by atoms with Crippen LogP contribution in [0.1, 0.15) is 188 Å². The van der Waals surface area contributed by atoms with Crippen molar-refractivity contribution in [2.24, 2.45) is 5.92 Å². The van der Waals surface area contributed by atoms with Crippen LogP contribution >= 0.6 is 0 Å². The normalized spacial score (nSPS) is 23.1. The lowest BCUT2D eigenvalue weighted by Crippen LogP contribution is -2.59. The third-order valence-electron chi connectivity index (χ3n) is 12.6. The lowest BCUT2D eigenvalue weighted by atomic mass is 9.91. The van der Waals surface area contributed by atoms with Crippen LogP contribution in [-0.4, -0.2) is 143 Å². The summed E-state index contributed by atoms with van der Waals surface area (Å²) in [7, 11) is 0. The number of unbranched alkanes of at least 4 members (excludes halogenated alkanes) is 18. The van der Waals surface area contributed by atoms with Gasteiger partial charge in [0.1, 0.15) is 42.2 Å². The lowest BCUT2D eigenvalue weighted by molar-refractivity contribution is -0.304. The summed E-state index contributed by atoms with van der Waals surface area (Å²) in [4.78, 5) is 27.9. The van der Waals surface area contributed by atoms with Crippen LogP contribution in [-0.2, 0) is 25.5 Å². The van der Waals surface area contributed by atoms with Crippen LogP contribution in [0.25, 0.3) is 0 Å². The van der Waals surface area contributed by atoms with Gasteiger partial charge in [-0.25, -0.2) is 4.79 Å². The second kappa shape index (κ2) is 30.2. The van der Waals surface area contributed by atoms with E-state index in [0.29, 0.717) is 25.9 Å². The maximum Gasteiger partial charge on any atom is 0.364 e. The van der Waals surface area contributed by atoms with E-state index < -0.39 is 73.5 Å². The minimum atomic E-state index is -1.67. The Kier molecular flexibility index (Phi) is 26.5. The highest BCUT2D eigenvalue weighted by atomic mass is 16.7. The average Bonchev–Trinajstić information content (AvgIpc) is 3.60. The van der Waals surface area contributed by atoms with Crippen molar-refractivity contribution in [1.29, 1.82) is 0 Å². The molecule has 0 bridgehead atoms. The van der Waals surface area contributed by atoms with Gasteiger partial charge < -0.3 is 44.8 Å². The molecule has 3 rings (SSSR count). The van der Waals surface area contributed by atoms with Crippen LogP contribution in [0.15, 0.2) is 4.79 Å². The molecule has 2 fully saturated rings. The first kappa shape index (κ1) is 54.3. The largest absolute Gasteiger partial charge is 0.459 e. The van der Waals surface area contributed by atoms with Crippen molar-refractivity contribution in [3.8, 4) is 0 Å². The zero-order valence-corrected chi connectivity index (χ0v) is 38.9. The molecule has 16 nitrogen and oxygen atoms in total. The summed E-state index contributed by atoms with van der Waals surface area (Å²) in [6.45, 7) is 9.48. The number of carbonyl (C=O) groups is 1. The number of aliphatic hydroxyl groups is 6. The molecule has 3 heterocycles. The number of hydrogen-bond acceptors (Lipinski definition) is 14. The Bertz CT molecular complexity index is 1370. The van der Waals surface area contributed by atoms with Crippen molar-refractivity contribution in [2.75, 3.05) is 32.8 Å². The fourth-order valence-corrected chi connectivity index (χ4v) is 8.71. The lowest BCUT2D eigenvalue weighted by Gasteiger charge is -2.40. The van der Waals surface area contributed by atoms with E-state index in [2.05, 4.69) is 22.3 Å². The van der Waals surface area contributed by atoms with Gasteiger partial charge in [0.15, 0.2) is 6.29 Å². The van der Waals surface area contributed by atoms with Crippen molar-refractivity contribution in [3.63, 3.8) is 0 Å². The number of aliphatic hydroxyl groups excluding tert-OH is 6. The van der Waals surface area contributed by atoms with Gasteiger partial charge in [0.05, 0.1) is 25.9 Å². The van der Waals surface area contributed by atoms with Gasteiger partial charge in [0, 0.05) is 6.54 Å². The van der Waals surface area contributed by atoms with Gasteiger partial charge in [-0.3, -0.25) is 9.69 Å². The Morgan fingerprint density at radius 1 is 0.774 bits per heavy atom. The number of hydrogen-bond donors (Lipinski definition) is 6. The number of likely N-dealkylation sites (tertiary alicyclic amines) is 1. The number of nitrogens with zero attached hydrogens (tertiary/aromatic N) is 5. The van der Waals surface area contributed by atoms with E-state index in [9.17, 15) is 40.2 Å². The van der Waals surface area contributed by atoms with Crippen LogP contribution in [0.3, 0.4) is 0 Å². The summed E-state index contributed by atoms with van der Waals surface area (Å²) >= 11 is 0. The number of ether oxygens (including phenoxy) is 3. The Balaban J connectivity index is 1.39. The first-order valence-corrected chi connectivity index (χ1v) is 24.5. The van der Waals surface area contributed by atoms with Gasteiger partial charge in [-0.2, -0.15) is 9.36 Å². The van der Waals surface area contributed by atoms with E-state index in [4.69, 9.17) is 14.2 Å². The predicted octanol–water partition coefficient (Wildman–Crippen LogP) is 5.18. The molecule has 0 radical (unpaired) electrons. The Hall–Kier alpha value is -2.02. The van der Waals surface area contributed by atoms with Crippen molar-refractivity contribution in [3.05, 3.63) is 10.5 Å². The van der Waals surface area contributed by atoms with Crippen LogP contribution in [0, 0.1) is 5.92 Å². The van der Waals surface area contributed by atoms with Gasteiger partial charge in [0.2, 0.25) is 0 Å². The molecule has 2 saturated heterocycles. The van der Waals surface area contributed by atoms with E-state index in [1.807, 2.05) is 20.8 Å². The summed E-state index contributed by atoms with van der Waals surface area (Å²) in [5, 5.41) is 71.2. The molecule has 62 heavy (non-hydrogen) atoms. The SMILES string of the molecule is CCCCCCCCCCCCCC[C@@H](O)[C@@H](O)[C@H](COC1OC(CO)C(O)C(O)C1O)n1nnn(CCCCCCCCCCC2CCN(CC(=O)OC(C)(C)C)CC2)c1=O. The summed E-state index contributed by atoms with van der Waals surface area (Å²) in [6, 6.07) is -1.20. The Labute approximate surface area is 371 Å². The van der Waals surface area contributed by atoms with Crippen molar-refractivity contribution < 1.29 is 49.6 Å². The minimum Gasteiger partial charge on any atom is -0.459 e. The highest BCUT2D eigenvalue weighted by Crippen LogP contribution is 2.26. The molecule has 0 saturated carbocycles. The molecule has 2 aliphatic heterocycles. The summed E-state index contributed by atoms with van der Waals surface area (Å²) in [5.41, 5.74) is -1.02. The third kappa shape index (κ3) is 20.4. The fourth-order valence-electron chi connectivity index (χ4n) is 8.71. The number of aryl methyl sites for hydroxylation is 1. The average molecular weight is 886 g/mol. The Morgan fingerprint density at radius 2 is 1.32 bits per heavy atom. The van der Waals surface area contributed by atoms with Crippen molar-refractivity contribution in [1.82, 2.24) is 24.7 Å². The fraction of sp³-hybridized carbons (Fsp3) is 0.957. The highest BCUT2D eigenvalue weighted by Gasteiger charge is 2.45. The molecule has 2 aliphatic rings. The second-order valence-electron chi connectivity index (χ2n) is 19.2. The molecule has 0 spiro atoms. The number of aromatic nitrogens is 4. The smallest absolute Gasteiger partial charge is 0.364 e. The zero-order chi connectivity index (χ0) is 45.3. The van der Waals surface area contributed by atoms with Crippen LogP contribution in [0.5, 0.6) is 0 Å². The van der Waals surface area contributed by atoms with Crippen LogP contribution in [0.2, 0.25) is 0 Å². The van der Waals surface area contributed by atoms with E-state index in [-0.39, 0.29) is 5.97 Å². The van der Waals surface area contributed by atoms with Crippen LogP contribution in [0.4, 0.5) is 0 Å². The zero-order valence-electron chi connectivity index (χ0n) is 38.9. The van der Waals surface area contributed by atoms with Crippen molar-refractivity contribution in [2.45, 2.75) is 243 Å². The topological polar surface area (TPSA) is 222 Å². The number of rotatable bonds is 33. The van der Waals surface area contributed by atoms with Crippen molar-refractivity contribution >= 4 is 5.97 Å². The first-order chi connectivity index (χ1) is 29.7. The standard InChI is InChI=1S/C46H87N5O11/c1-5-6-7-8-9-10-11-12-13-17-20-23-26-37(53)40(55)36(34-60-44-43(58)42(57)41(56)38(33-52)61-44)51-45(59)50(47-48-51)29-24-21-18-15-14-16-19-22-25-35-27-30-49(31-28-35)32-39(54)62-46(2,3)4/h35-38,40-44,52-53,55-58H,5-34H2,1-4H3/t36-,37+,38?,40-,41?,42?,43?,44?/m0/s1. The molecular weight excluding hydrogens is 799 g/mol. The number of carbonyl (C=O) groups excluding carboxylic acids is 1. The van der Waals surface area contributed by atoms with Gasteiger partial charge in [0.25, 0.3) is 0 Å². The summed E-state index contributed by atoms with van der Waals surface area (Å²) in [5.74, 6) is 0.587. The molecule has 6 N–H and O–H groups in total. The molecule has 1 aromatic rings. The van der Waals surface area contributed by atoms with Gasteiger partial charge in [-0.15, -0.1) is 0 Å². The number of piperidine rings is 1. The first-order valence-electron chi connectivity index (χ1n) is 24.5. The Morgan fingerprint density at radius 3 is 1.89 bits per heavy atom. The summed E-state index contributed by atoms with van der Waals surface area (Å²) in [6.07, 6.45) is 16.2. The monoisotopic (exact) mass is 886 g/mol. The van der Waals surface area contributed by atoms with Crippen LogP contribution < -0.4 is 5.69 Å². The molecule has 0 aromatic carbocycles. The van der Waals surface area contributed by atoms with Gasteiger partial charge in [-0.1, -0.05) is 135 Å². The molecular formula is C46H87N5O11. The van der Waals surface area contributed by atoms with E-state index >= 15 is 0 Å². The number of esters is 1. The van der Waals surface area contributed by atoms with E-state index in [1.165, 1.54) is 88.2 Å². The van der Waals surface area contributed by atoms with Gasteiger partial charge >= 0.3 is 11.7 Å². The third-order valence-corrected chi connectivity index (χ3v) is 12.6. The maximum absolute atomic E-state index is 13.5. The molecule has 16 heteroatoms. The van der Waals surface area contributed by atoms with E-state index in [1.54, 1.807) is 0 Å². The molecule has 0 amide bonds. The maximum atomic E-state index is 13.5. The molecule has 0 aliphatic carbocycles. The molecule has 5 unspecified atom stereocenters. The minimum absolute atomic E-state index is 0.144. The summed E-state index contributed by atoms with van der Waals surface area (Å²) < 4.78 is 18.9. The van der Waals surface area contributed by atoms with Gasteiger partial charge in [-0.05, 0) is 75.9 Å². The number of tetrazole rings is 1. The highest BCUT2D eigenvalue weighted by molar-refractivity contribution is 5.72. The molecule has 8 atom stereocenters. The second-order valence-corrected chi connectivity index (χ2v) is 19.2. The predicted molar refractivity (Wildman–Crippen MR) is 237 cm³/mol. The molecule has 362 valence electrons. The molecule has 1 aromatic heterocycles.